The molecule has 0 bridgehead atoms. The van der Waals surface area contributed by atoms with Crippen LogP contribution in [0, 0.1) is 21.7 Å². The van der Waals surface area contributed by atoms with Crippen LogP contribution in [-0.2, 0) is 0 Å². The molecule has 7 heteroatoms. The molecular formula is C10H12F2N2O3. The molecule has 1 aromatic rings. The van der Waals surface area contributed by atoms with Crippen LogP contribution in [0.2, 0.25) is 0 Å². The Morgan fingerprint density at radius 2 is 2.18 bits per heavy atom. The van der Waals surface area contributed by atoms with Gasteiger partial charge in [-0.2, -0.15) is 0 Å². The van der Waals surface area contributed by atoms with E-state index in [0.717, 1.165) is 6.07 Å². The maximum absolute atomic E-state index is 13.3. The highest BCUT2D eigenvalue weighted by Gasteiger charge is 2.21. The van der Waals surface area contributed by atoms with Crippen LogP contribution in [0.5, 0.6) is 0 Å². The Morgan fingerprint density at radius 3 is 2.71 bits per heavy atom. The van der Waals surface area contributed by atoms with Crippen molar-refractivity contribution in [3.8, 4) is 0 Å². The number of hydrogen-bond donors (Lipinski definition) is 2. The zero-order valence-electron chi connectivity index (χ0n) is 9.11. The van der Waals surface area contributed by atoms with Gasteiger partial charge in [-0.3, -0.25) is 10.1 Å². The second kappa shape index (κ2) is 5.53. The molecule has 0 spiro atoms. The minimum absolute atomic E-state index is 0.110. The van der Waals surface area contributed by atoms with E-state index in [4.69, 9.17) is 5.11 Å². The van der Waals surface area contributed by atoms with Crippen molar-refractivity contribution in [3.63, 3.8) is 0 Å². The maximum atomic E-state index is 13.3. The first-order valence-electron chi connectivity index (χ1n) is 4.97. The molecule has 0 aromatic heterocycles. The lowest BCUT2D eigenvalue weighted by molar-refractivity contribution is -0.384. The van der Waals surface area contributed by atoms with Crippen molar-refractivity contribution < 1.29 is 18.8 Å². The molecule has 0 aliphatic carbocycles. The van der Waals surface area contributed by atoms with E-state index in [9.17, 15) is 18.9 Å². The first-order valence-corrected chi connectivity index (χ1v) is 4.97. The fraction of sp³-hybridized carbons (Fsp3) is 0.400. The number of aliphatic hydroxyl groups excluding tert-OH is 1. The summed E-state index contributed by atoms with van der Waals surface area (Å²) in [4.78, 5) is 9.81. The van der Waals surface area contributed by atoms with Gasteiger partial charge in [-0.15, -0.1) is 0 Å². The van der Waals surface area contributed by atoms with Crippen LogP contribution in [0.1, 0.15) is 13.3 Å². The predicted molar refractivity (Wildman–Crippen MR) is 57.8 cm³/mol. The van der Waals surface area contributed by atoms with Crippen molar-refractivity contribution in [2.45, 2.75) is 19.4 Å². The topological polar surface area (TPSA) is 75.4 Å². The summed E-state index contributed by atoms with van der Waals surface area (Å²) < 4.78 is 26.3. The summed E-state index contributed by atoms with van der Waals surface area (Å²) in [5.41, 5.74) is -1.02. The number of hydrogen-bond acceptors (Lipinski definition) is 4. The second-order valence-electron chi connectivity index (χ2n) is 3.58. The molecule has 2 N–H and O–H groups in total. The molecular weight excluding hydrogens is 234 g/mol. The summed E-state index contributed by atoms with van der Waals surface area (Å²) in [7, 11) is 0. The van der Waals surface area contributed by atoms with Crippen LogP contribution in [0.15, 0.2) is 12.1 Å². The van der Waals surface area contributed by atoms with Gasteiger partial charge in [0.1, 0.15) is 0 Å². The zero-order chi connectivity index (χ0) is 13.0. The Balaban J connectivity index is 2.94. The molecule has 0 aliphatic rings. The van der Waals surface area contributed by atoms with Gasteiger partial charge in [-0.05, 0) is 19.4 Å². The van der Waals surface area contributed by atoms with Gasteiger partial charge in [0.05, 0.1) is 11.0 Å². The second-order valence-corrected chi connectivity index (χ2v) is 3.58. The van der Waals surface area contributed by atoms with Gasteiger partial charge in [-0.1, -0.05) is 0 Å². The molecule has 5 nitrogen and oxygen atoms in total. The van der Waals surface area contributed by atoms with E-state index < -0.39 is 34.0 Å². The van der Waals surface area contributed by atoms with E-state index in [-0.39, 0.29) is 13.0 Å². The Hall–Kier alpha value is -1.76. The highest BCUT2D eigenvalue weighted by Crippen LogP contribution is 2.28. The third-order valence-corrected chi connectivity index (χ3v) is 2.13. The summed E-state index contributed by atoms with van der Waals surface area (Å²) in [5.74, 6) is -2.44. The minimum atomic E-state index is -1.29. The largest absolute Gasteiger partial charge is 0.393 e. The van der Waals surface area contributed by atoms with E-state index >= 15 is 0 Å². The molecule has 1 aromatic carbocycles. The molecule has 0 saturated heterocycles. The smallest absolute Gasteiger partial charge is 0.295 e. The summed E-state index contributed by atoms with van der Waals surface area (Å²) in [5, 5.41) is 22.0. The highest BCUT2D eigenvalue weighted by atomic mass is 19.2. The number of nitrogens with zero attached hydrogens (tertiary/aromatic N) is 1. The van der Waals surface area contributed by atoms with Crippen LogP contribution in [-0.4, -0.2) is 22.7 Å². The summed E-state index contributed by atoms with van der Waals surface area (Å²) in [6.45, 7) is 1.64. The number of aliphatic hydroxyl groups is 1. The molecule has 0 fully saturated rings. The number of nitrogens with one attached hydrogen (secondary N) is 1. The molecule has 0 aliphatic heterocycles. The summed E-state index contributed by atoms with van der Waals surface area (Å²) in [6, 6.07) is 1.59. The lowest BCUT2D eigenvalue weighted by Gasteiger charge is -2.09. The van der Waals surface area contributed by atoms with E-state index in [1.165, 1.54) is 6.92 Å². The van der Waals surface area contributed by atoms with Crippen LogP contribution in [0.25, 0.3) is 0 Å². The molecule has 0 radical (unpaired) electrons. The standard InChI is InChI=1S/C10H12F2N2O3/c1-6(15)4-5-13-10-8(14(16)17)3-2-7(11)9(10)12/h2-3,6,13,15H,4-5H2,1H3. The van der Waals surface area contributed by atoms with E-state index in [2.05, 4.69) is 5.32 Å². The average molecular weight is 246 g/mol. The first kappa shape index (κ1) is 13.3. The molecule has 94 valence electrons. The lowest BCUT2D eigenvalue weighted by atomic mass is 10.2. The molecule has 0 saturated carbocycles. The Labute approximate surface area is 96.2 Å². The maximum Gasteiger partial charge on any atom is 0.295 e. The van der Waals surface area contributed by atoms with E-state index in [1.54, 1.807) is 0 Å². The first-order chi connectivity index (χ1) is 7.93. The van der Waals surface area contributed by atoms with Crippen molar-refractivity contribution >= 4 is 11.4 Å². The monoisotopic (exact) mass is 246 g/mol. The van der Waals surface area contributed by atoms with Crippen LogP contribution in [0.4, 0.5) is 20.2 Å². The van der Waals surface area contributed by atoms with Gasteiger partial charge < -0.3 is 10.4 Å². The fourth-order valence-electron chi connectivity index (χ4n) is 1.27. The van der Waals surface area contributed by atoms with Crippen molar-refractivity contribution in [2.24, 2.45) is 0 Å². The molecule has 1 rings (SSSR count). The normalized spacial score (nSPS) is 12.2. The van der Waals surface area contributed by atoms with E-state index in [1.807, 2.05) is 0 Å². The van der Waals surface area contributed by atoms with E-state index in [0.29, 0.717) is 6.07 Å². The molecule has 0 amide bonds. The molecule has 0 heterocycles. The predicted octanol–water partition coefficient (Wildman–Crippen LogP) is 2.06. The zero-order valence-corrected chi connectivity index (χ0v) is 9.11. The molecule has 1 atom stereocenters. The Bertz CT molecular complexity index is 424. The lowest BCUT2D eigenvalue weighted by Crippen LogP contribution is -2.12. The third kappa shape index (κ3) is 3.35. The minimum Gasteiger partial charge on any atom is -0.393 e. The van der Waals surface area contributed by atoms with Crippen molar-refractivity contribution in [2.75, 3.05) is 11.9 Å². The Morgan fingerprint density at radius 1 is 1.53 bits per heavy atom. The van der Waals surface area contributed by atoms with Gasteiger partial charge in [-0.25, -0.2) is 8.78 Å². The van der Waals surface area contributed by atoms with Crippen molar-refractivity contribution in [3.05, 3.63) is 33.9 Å². The van der Waals surface area contributed by atoms with Crippen LogP contribution >= 0.6 is 0 Å². The van der Waals surface area contributed by atoms with Gasteiger partial charge >= 0.3 is 0 Å². The number of halogens is 2. The van der Waals surface area contributed by atoms with Gasteiger partial charge in [0.2, 0.25) is 0 Å². The number of benzene rings is 1. The summed E-state index contributed by atoms with van der Waals surface area (Å²) >= 11 is 0. The van der Waals surface area contributed by atoms with Gasteiger partial charge in [0.25, 0.3) is 5.69 Å². The molecule has 1 unspecified atom stereocenters. The van der Waals surface area contributed by atoms with Crippen molar-refractivity contribution in [1.29, 1.82) is 0 Å². The SMILES string of the molecule is CC(O)CCNc1c([N+](=O)[O-])ccc(F)c1F. The van der Waals surface area contributed by atoms with Gasteiger partial charge in [0, 0.05) is 12.6 Å². The van der Waals surface area contributed by atoms with Crippen LogP contribution < -0.4 is 5.32 Å². The van der Waals surface area contributed by atoms with Gasteiger partial charge in [0.15, 0.2) is 17.3 Å². The highest BCUT2D eigenvalue weighted by molar-refractivity contribution is 5.62. The Kier molecular flexibility index (Phi) is 4.33. The number of nitro benzene ring substituents is 1. The molecule has 17 heavy (non-hydrogen) atoms. The number of anilines is 1. The summed E-state index contributed by atoms with van der Waals surface area (Å²) in [6.07, 6.45) is -0.356. The third-order valence-electron chi connectivity index (χ3n) is 2.13. The fourth-order valence-corrected chi connectivity index (χ4v) is 1.27. The number of rotatable bonds is 5. The number of nitro groups is 1. The van der Waals surface area contributed by atoms with Crippen molar-refractivity contribution in [1.82, 2.24) is 0 Å². The quantitative estimate of drug-likeness (QED) is 0.616. The average Bonchev–Trinajstić information content (AvgIpc) is 2.23. The van der Waals surface area contributed by atoms with Crippen LogP contribution in [0.3, 0.4) is 0 Å².